The molecule has 0 spiro atoms. The Bertz CT molecular complexity index is 335. The van der Waals surface area contributed by atoms with E-state index in [0.717, 1.165) is 13.0 Å². The molecule has 4 nitrogen and oxygen atoms in total. The summed E-state index contributed by atoms with van der Waals surface area (Å²) >= 11 is 0. The lowest BCUT2D eigenvalue weighted by Crippen LogP contribution is -2.47. The average molecular weight is 281 g/mol. The van der Waals surface area contributed by atoms with Crippen molar-refractivity contribution in [3.8, 4) is 0 Å². The third-order valence-electron chi connectivity index (χ3n) is 4.19. The fraction of sp³-hybridized carbons (Fsp3) is 1.00. The van der Waals surface area contributed by atoms with E-state index in [4.69, 9.17) is 4.74 Å². The van der Waals surface area contributed by atoms with Gasteiger partial charge in [0, 0.05) is 6.61 Å². The molecule has 0 amide bonds. The molecule has 0 bridgehead atoms. The Morgan fingerprint density at radius 2 is 1.90 bits per heavy atom. The molecule has 0 radical (unpaired) electrons. The molecule has 4 heteroatoms. The molecular formula is C16H31N3O. The maximum atomic E-state index is 6.09. The normalized spacial score (nSPS) is 31.3. The summed E-state index contributed by atoms with van der Waals surface area (Å²) in [7, 11) is 0. The van der Waals surface area contributed by atoms with Crippen LogP contribution < -0.4 is 0 Å². The molecule has 0 aromatic rings. The minimum absolute atomic E-state index is 0.0659. The second-order valence-electron chi connectivity index (χ2n) is 7.72. The number of hydrogen-bond acceptors (Lipinski definition) is 4. The molecule has 1 heterocycles. The molecule has 0 N–H and O–H groups in total. The summed E-state index contributed by atoms with van der Waals surface area (Å²) in [6.45, 7) is 12.0. The van der Waals surface area contributed by atoms with Crippen LogP contribution in [-0.4, -0.2) is 35.3 Å². The van der Waals surface area contributed by atoms with E-state index in [1.165, 1.54) is 25.7 Å². The number of ether oxygens (including phenoxy) is 1. The lowest BCUT2D eigenvalue weighted by molar-refractivity contribution is 0.00615. The third-order valence-corrected chi connectivity index (χ3v) is 4.19. The van der Waals surface area contributed by atoms with E-state index in [0.29, 0.717) is 24.1 Å². The van der Waals surface area contributed by atoms with Gasteiger partial charge in [0.15, 0.2) is 0 Å². The molecule has 0 aromatic heterocycles. The summed E-state index contributed by atoms with van der Waals surface area (Å²) in [6.07, 6.45) is 6.33. The highest BCUT2D eigenvalue weighted by Gasteiger charge is 2.40. The molecule has 1 saturated carbocycles. The van der Waals surface area contributed by atoms with Gasteiger partial charge in [0.2, 0.25) is 0 Å². The van der Waals surface area contributed by atoms with Gasteiger partial charge < -0.3 is 4.74 Å². The number of rotatable bonds is 3. The van der Waals surface area contributed by atoms with Crippen LogP contribution in [0.2, 0.25) is 0 Å². The second-order valence-corrected chi connectivity index (χ2v) is 7.72. The maximum Gasteiger partial charge on any atom is 0.0974 e. The second kappa shape index (κ2) is 6.42. The van der Waals surface area contributed by atoms with Gasteiger partial charge in [-0.05, 0) is 46.0 Å². The highest BCUT2D eigenvalue weighted by Crippen LogP contribution is 2.34. The summed E-state index contributed by atoms with van der Waals surface area (Å²) in [5.41, 5.74) is 0.0659. The molecule has 3 atom stereocenters. The standard InChI is InChI=1S/C16H31N3O/c1-12(2)11-20-13-8-6-7-9-15-14(10-13)17-18-19(15)16(3,4)5/h12-15H,6-11H2,1-5H3. The smallest absolute Gasteiger partial charge is 0.0974 e. The van der Waals surface area contributed by atoms with Crippen molar-refractivity contribution < 1.29 is 4.74 Å². The van der Waals surface area contributed by atoms with Gasteiger partial charge in [0.05, 0.1) is 23.7 Å². The molecule has 20 heavy (non-hydrogen) atoms. The zero-order valence-corrected chi connectivity index (χ0v) is 13.8. The first-order chi connectivity index (χ1) is 9.38. The molecule has 1 fully saturated rings. The van der Waals surface area contributed by atoms with Crippen LogP contribution in [0.25, 0.3) is 0 Å². The predicted octanol–water partition coefficient (Wildman–Crippen LogP) is 4.21. The summed E-state index contributed by atoms with van der Waals surface area (Å²) in [4.78, 5) is 0. The van der Waals surface area contributed by atoms with E-state index >= 15 is 0 Å². The van der Waals surface area contributed by atoms with E-state index in [1.807, 2.05) is 0 Å². The Morgan fingerprint density at radius 1 is 1.20 bits per heavy atom. The number of fused-ring (bicyclic) bond motifs is 1. The van der Waals surface area contributed by atoms with Crippen molar-refractivity contribution in [3.63, 3.8) is 0 Å². The van der Waals surface area contributed by atoms with E-state index in [2.05, 4.69) is 50.0 Å². The van der Waals surface area contributed by atoms with Gasteiger partial charge in [0.25, 0.3) is 0 Å². The van der Waals surface area contributed by atoms with Gasteiger partial charge >= 0.3 is 0 Å². The Balaban J connectivity index is 1.98. The highest BCUT2D eigenvalue weighted by atomic mass is 16.5. The Morgan fingerprint density at radius 3 is 2.55 bits per heavy atom. The van der Waals surface area contributed by atoms with Gasteiger partial charge in [-0.1, -0.05) is 31.9 Å². The van der Waals surface area contributed by atoms with Gasteiger partial charge in [-0.2, -0.15) is 5.11 Å². The SMILES string of the molecule is CC(C)COC1CCCCC2C(C1)N=NN2C(C)(C)C. The fourth-order valence-corrected chi connectivity index (χ4v) is 3.17. The van der Waals surface area contributed by atoms with Crippen LogP contribution in [0.3, 0.4) is 0 Å². The summed E-state index contributed by atoms with van der Waals surface area (Å²) in [5, 5.41) is 11.2. The number of nitrogens with zero attached hydrogens (tertiary/aromatic N) is 3. The molecule has 2 rings (SSSR count). The summed E-state index contributed by atoms with van der Waals surface area (Å²) < 4.78 is 6.09. The zero-order valence-electron chi connectivity index (χ0n) is 13.8. The van der Waals surface area contributed by atoms with Crippen molar-refractivity contribution >= 4 is 0 Å². The van der Waals surface area contributed by atoms with Crippen molar-refractivity contribution in [2.75, 3.05) is 6.61 Å². The zero-order chi connectivity index (χ0) is 14.8. The first-order valence-electron chi connectivity index (χ1n) is 8.19. The largest absolute Gasteiger partial charge is 0.378 e. The lowest BCUT2D eigenvalue weighted by Gasteiger charge is -2.37. The van der Waals surface area contributed by atoms with Gasteiger partial charge in [0.1, 0.15) is 0 Å². The van der Waals surface area contributed by atoms with Crippen molar-refractivity contribution in [2.45, 2.75) is 90.4 Å². The van der Waals surface area contributed by atoms with E-state index in [1.54, 1.807) is 0 Å². The van der Waals surface area contributed by atoms with Crippen LogP contribution in [0, 0.1) is 5.92 Å². The van der Waals surface area contributed by atoms with Gasteiger partial charge in [-0.3, -0.25) is 5.01 Å². The van der Waals surface area contributed by atoms with Crippen LogP contribution in [0.5, 0.6) is 0 Å². The quantitative estimate of drug-likeness (QED) is 0.777. The number of hydrogen-bond donors (Lipinski definition) is 0. The Labute approximate surface area is 123 Å². The summed E-state index contributed by atoms with van der Waals surface area (Å²) in [5.74, 6) is 0.604. The van der Waals surface area contributed by atoms with Crippen LogP contribution in [0.15, 0.2) is 10.3 Å². The summed E-state index contributed by atoms with van der Waals surface area (Å²) in [6, 6.07) is 0.798. The van der Waals surface area contributed by atoms with Crippen LogP contribution in [0.1, 0.15) is 66.7 Å². The molecule has 1 aliphatic carbocycles. The predicted molar refractivity (Wildman–Crippen MR) is 81.7 cm³/mol. The van der Waals surface area contributed by atoms with E-state index in [9.17, 15) is 0 Å². The Hall–Kier alpha value is -0.640. The maximum absolute atomic E-state index is 6.09. The molecular weight excluding hydrogens is 250 g/mol. The molecule has 116 valence electrons. The van der Waals surface area contributed by atoms with Crippen molar-refractivity contribution in [1.82, 2.24) is 5.01 Å². The Kier molecular flexibility index (Phi) is 5.05. The van der Waals surface area contributed by atoms with Crippen LogP contribution in [-0.2, 0) is 4.74 Å². The van der Waals surface area contributed by atoms with Gasteiger partial charge in [-0.25, -0.2) is 0 Å². The van der Waals surface area contributed by atoms with Crippen LogP contribution >= 0.6 is 0 Å². The minimum Gasteiger partial charge on any atom is -0.378 e. The fourth-order valence-electron chi connectivity index (χ4n) is 3.17. The van der Waals surface area contributed by atoms with Crippen molar-refractivity contribution in [3.05, 3.63) is 0 Å². The van der Waals surface area contributed by atoms with E-state index < -0.39 is 0 Å². The highest BCUT2D eigenvalue weighted by molar-refractivity contribution is 4.94. The first-order valence-corrected chi connectivity index (χ1v) is 8.19. The molecule has 2 aliphatic rings. The minimum atomic E-state index is 0.0659. The average Bonchev–Trinajstić information content (AvgIpc) is 2.69. The third kappa shape index (κ3) is 3.94. The van der Waals surface area contributed by atoms with Crippen molar-refractivity contribution in [1.29, 1.82) is 0 Å². The van der Waals surface area contributed by atoms with Crippen LogP contribution in [0.4, 0.5) is 0 Å². The molecule has 1 aliphatic heterocycles. The molecule has 3 unspecified atom stereocenters. The van der Waals surface area contributed by atoms with Crippen molar-refractivity contribution in [2.24, 2.45) is 16.3 Å². The topological polar surface area (TPSA) is 37.2 Å². The van der Waals surface area contributed by atoms with E-state index in [-0.39, 0.29) is 5.54 Å². The first kappa shape index (κ1) is 15.7. The monoisotopic (exact) mass is 281 g/mol. The lowest BCUT2D eigenvalue weighted by atomic mass is 9.89. The molecule has 0 saturated heterocycles. The van der Waals surface area contributed by atoms with Gasteiger partial charge in [-0.15, -0.1) is 0 Å². The molecule has 0 aromatic carbocycles.